The van der Waals surface area contributed by atoms with Gasteiger partial charge in [-0.05, 0) is 18.2 Å². The van der Waals surface area contributed by atoms with E-state index in [0.29, 0.717) is 39.8 Å². The predicted octanol–water partition coefficient (Wildman–Crippen LogP) is 5.21. The maximum atomic E-state index is 13.0. The van der Waals surface area contributed by atoms with E-state index in [2.05, 4.69) is 15.3 Å². The van der Waals surface area contributed by atoms with Crippen molar-refractivity contribution >= 4 is 22.5 Å². The Morgan fingerprint density at radius 2 is 1.62 bits per heavy atom. The summed E-state index contributed by atoms with van der Waals surface area (Å²) in [6.45, 7) is 0. The van der Waals surface area contributed by atoms with Crippen LogP contribution in [0.25, 0.3) is 16.7 Å². The number of halogens is 3. The number of benzene rings is 2. The number of methoxy groups -OCH3 is 3. The first-order chi connectivity index (χ1) is 15.3. The van der Waals surface area contributed by atoms with Gasteiger partial charge < -0.3 is 19.5 Å². The minimum Gasteiger partial charge on any atom is -0.493 e. The van der Waals surface area contributed by atoms with Crippen molar-refractivity contribution in [2.24, 2.45) is 0 Å². The molecule has 0 saturated heterocycles. The number of hydrogen-bond donors (Lipinski definition) is 1. The molecule has 0 unspecified atom stereocenters. The van der Waals surface area contributed by atoms with E-state index in [1.165, 1.54) is 33.5 Å². The molecule has 7 nitrogen and oxygen atoms in total. The summed E-state index contributed by atoms with van der Waals surface area (Å²) in [6, 6.07) is 10.2. The fourth-order valence-corrected chi connectivity index (χ4v) is 3.31. The van der Waals surface area contributed by atoms with Crippen molar-refractivity contribution in [1.29, 1.82) is 0 Å². The lowest BCUT2D eigenvalue weighted by molar-refractivity contribution is -0.137. The van der Waals surface area contributed by atoms with Gasteiger partial charge in [-0.3, -0.25) is 4.57 Å². The third-order valence-electron chi connectivity index (χ3n) is 4.82. The van der Waals surface area contributed by atoms with Crippen LogP contribution < -0.4 is 19.5 Å². The highest BCUT2D eigenvalue weighted by atomic mass is 19.4. The van der Waals surface area contributed by atoms with Gasteiger partial charge in [-0.25, -0.2) is 9.97 Å². The summed E-state index contributed by atoms with van der Waals surface area (Å²) >= 11 is 0. The topological polar surface area (TPSA) is 70.4 Å². The van der Waals surface area contributed by atoms with E-state index in [1.807, 2.05) is 0 Å². The van der Waals surface area contributed by atoms with Crippen LogP contribution in [-0.2, 0) is 6.18 Å². The molecule has 0 atom stereocenters. The summed E-state index contributed by atoms with van der Waals surface area (Å²) in [7, 11) is 4.56. The van der Waals surface area contributed by atoms with Gasteiger partial charge in [0.2, 0.25) is 5.75 Å². The Morgan fingerprint density at radius 1 is 0.906 bits per heavy atom. The van der Waals surface area contributed by atoms with Crippen molar-refractivity contribution < 1.29 is 27.4 Å². The third kappa shape index (κ3) is 3.98. The van der Waals surface area contributed by atoms with Crippen molar-refractivity contribution in [1.82, 2.24) is 14.5 Å². The van der Waals surface area contributed by atoms with E-state index >= 15 is 0 Å². The highest BCUT2D eigenvalue weighted by molar-refractivity contribution is 5.80. The molecule has 1 N–H and O–H groups in total. The van der Waals surface area contributed by atoms with Crippen molar-refractivity contribution in [3.8, 4) is 22.9 Å². The van der Waals surface area contributed by atoms with Crippen molar-refractivity contribution in [3.63, 3.8) is 0 Å². The van der Waals surface area contributed by atoms with E-state index < -0.39 is 11.7 Å². The Hall–Kier alpha value is -3.95. The van der Waals surface area contributed by atoms with E-state index in [0.717, 1.165) is 12.1 Å². The summed E-state index contributed by atoms with van der Waals surface area (Å²) in [6.07, 6.45) is -1.28. The summed E-state index contributed by atoms with van der Waals surface area (Å²) < 4.78 is 57.0. The maximum absolute atomic E-state index is 13.0. The van der Waals surface area contributed by atoms with Gasteiger partial charge in [0.05, 0.1) is 44.3 Å². The summed E-state index contributed by atoms with van der Waals surface area (Å²) in [5.41, 5.74) is 1.51. The number of fused-ring (bicyclic) bond motifs is 1. The first-order valence-electron chi connectivity index (χ1n) is 9.42. The van der Waals surface area contributed by atoms with Crippen LogP contribution in [0.5, 0.6) is 17.2 Å². The van der Waals surface area contributed by atoms with Gasteiger partial charge in [-0.1, -0.05) is 6.07 Å². The zero-order valence-corrected chi connectivity index (χ0v) is 17.4. The molecular weight excluding hydrogens is 425 g/mol. The van der Waals surface area contributed by atoms with Crippen molar-refractivity contribution in [2.75, 3.05) is 26.6 Å². The van der Waals surface area contributed by atoms with Gasteiger partial charge in [0.15, 0.2) is 11.5 Å². The second-order valence-corrected chi connectivity index (χ2v) is 6.76. The average Bonchev–Trinajstić information content (AvgIpc) is 3.21. The summed E-state index contributed by atoms with van der Waals surface area (Å²) in [5.74, 6) is 1.77. The molecule has 0 aliphatic carbocycles. The number of imidazole rings is 1. The Labute approximate surface area is 181 Å². The monoisotopic (exact) mass is 444 g/mol. The van der Waals surface area contributed by atoms with Gasteiger partial charge in [0.1, 0.15) is 17.7 Å². The fourth-order valence-electron chi connectivity index (χ4n) is 3.31. The highest BCUT2D eigenvalue weighted by Gasteiger charge is 2.30. The molecule has 0 saturated carbocycles. The number of nitrogens with zero attached hydrogens (tertiary/aromatic N) is 3. The highest BCUT2D eigenvalue weighted by Crippen LogP contribution is 2.40. The summed E-state index contributed by atoms with van der Waals surface area (Å²) in [4.78, 5) is 8.61. The van der Waals surface area contributed by atoms with Crippen LogP contribution in [0, 0.1) is 0 Å². The standard InChI is InChI=1S/C22H19F3N4O3/c1-30-18-8-15(9-19(31-2)21(18)32-3)29-12-27-16-11-26-20(10-17(16)29)28-14-6-4-5-13(7-14)22(23,24)25/h4-12H,1-3H3,(H,26,28). The van der Waals surface area contributed by atoms with E-state index in [9.17, 15) is 13.2 Å². The van der Waals surface area contributed by atoms with Crippen molar-refractivity contribution in [3.05, 3.63) is 60.6 Å². The second-order valence-electron chi connectivity index (χ2n) is 6.76. The quantitative estimate of drug-likeness (QED) is 0.440. The number of ether oxygens (including phenoxy) is 3. The molecule has 0 fully saturated rings. The van der Waals surface area contributed by atoms with E-state index in [-0.39, 0.29) is 5.69 Å². The maximum Gasteiger partial charge on any atom is 0.416 e. The molecule has 4 rings (SSSR count). The molecule has 0 aliphatic rings. The molecular formula is C22H19F3N4O3. The number of alkyl halides is 3. The first-order valence-corrected chi connectivity index (χ1v) is 9.42. The largest absolute Gasteiger partial charge is 0.493 e. The van der Waals surface area contributed by atoms with Crippen molar-refractivity contribution in [2.45, 2.75) is 6.18 Å². The number of nitrogens with one attached hydrogen (secondary N) is 1. The molecule has 4 aromatic rings. The van der Waals surface area contributed by atoms with Crippen LogP contribution in [0.3, 0.4) is 0 Å². The Bertz CT molecular complexity index is 1250. The molecule has 10 heteroatoms. The number of rotatable bonds is 6. The molecule has 0 spiro atoms. The lowest BCUT2D eigenvalue weighted by Gasteiger charge is -2.15. The minimum atomic E-state index is -4.43. The fraction of sp³-hybridized carbons (Fsp3) is 0.182. The third-order valence-corrected chi connectivity index (χ3v) is 4.82. The Morgan fingerprint density at radius 3 is 2.25 bits per heavy atom. The zero-order chi connectivity index (χ0) is 22.9. The molecule has 2 aromatic carbocycles. The van der Waals surface area contributed by atoms with E-state index in [4.69, 9.17) is 14.2 Å². The van der Waals surface area contributed by atoms with Gasteiger partial charge in [-0.2, -0.15) is 13.2 Å². The van der Waals surface area contributed by atoms with Crippen LogP contribution in [0.4, 0.5) is 24.7 Å². The average molecular weight is 444 g/mol. The van der Waals surface area contributed by atoms with Gasteiger partial charge >= 0.3 is 6.18 Å². The molecule has 166 valence electrons. The van der Waals surface area contributed by atoms with E-state index in [1.54, 1.807) is 35.3 Å². The van der Waals surface area contributed by atoms with Crippen LogP contribution in [0.2, 0.25) is 0 Å². The molecule has 32 heavy (non-hydrogen) atoms. The number of anilines is 2. The second kappa shape index (κ2) is 8.29. The summed E-state index contributed by atoms with van der Waals surface area (Å²) in [5, 5.41) is 2.92. The number of hydrogen-bond acceptors (Lipinski definition) is 6. The number of pyridine rings is 1. The predicted molar refractivity (Wildman–Crippen MR) is 113 cm³/mol. The SMILES string of the molecule is COc1cc(-n2cnc3cnc(Nc4cccc(C(F)(F)F)c4)cc32)cc(OC)c1OC. The van der Waals surface area contributed by atoms with Gasteiger partial charge in [-0.15, -0.1) is 0 Å². The lowest BCUT2D eigenvalue weighted by Crippen LogP contribution is -2.05. The molecule has 2 aromatic heterocycles. The first kappa shape index (κ1) is 21.3. The normalized spacial score (nSPS) is 11.4. The van der Waals surface area contributed by atoms with Crippen LogP contribution in [-0.4, -0.2) is 35.9 Å². The zero-order valence-electron chi connectivity index (χ0n) is 17.4. The lowest BCUT2D eigenvalue weighted by atomic mass is 10.2. The van der Waals surface area contributed by atoms with Gasteiger partial charge in [0, 0.05) is 23.9 Å². The minimum absolute atomic E-state index is 0.269. The molecule has 0 aliphatic heterocycles. The Balaban J connectivity index is 1.75. The number of aromatic nitrogens is 3. The molecule has 0 radical (unpaired) electrons. The van der Waals surface area contributed by atoms with Crippen LogP contribution in [0.1, 0.15) is 5.56 Å². The molecule has 0 bridgehead atoms. The Kier molecular flexibility index (Phi) is 5.52. The van der Waals surface area contributed by atoms with Crippen LogP contribution >= 0.6 is 0 Å². The molecule has 2 heterocycles. The smallest absolute Gasteiger partial charge is 0.416 e. The van der Waals surface area contributed by atoms with Crippen LogP contribution in [0.15, 0.2) is 55.0 Å². The molecule has 0 amide bonds. The van der Waals surface area contributed by atoms with Gasteiger partial charge in [0.25, 0.3) is 0 Å².